The van der Waals surface area contributed by atoms with Gasteiger partial charge in [-0.25, -0.2) is 0 Å². The molecule has 0 atom stereocenters. The van der Waals surface area contributed by atoms with Crippen LogP contribution in [-0.4, -0.2) is 24.5 Å². The van der Waals surface area contributed by atoms with E-state index in [2.05, 4.69) is 24.8 Å². The first-order valence-corrected chi connectivity index (χ1v) is 19.4. The second-order valence-electron chi connectivity index (χ2n) is 13.4. The Morgan fingerprint density at radius 1 is 0.317 bits per heavy atom. The standard InChI is InChI=1S/C39H78N2/c1-3-5-7-9-11-13-15-17-19-21-23-25-27-29-31-33-37-41(39-35-36-40)38-34-32-30-28-26-24-22-20-18-16-14-12-10-8-6-4-2/h3-35,37-39H2,1-2H3. The van der Waals surface area contributed by atoms with Gasteiger partial charge < -0.3 is 4.90 Å². The van der Waals surface area contributed by atoms with E-state index < -0.39 is 0 Å². The van der Waals surface area contributed by atoms with Crippen LogP contribution in [0.4, 0.5) is 0 Å². The second kappa shape index (κ2) is 37.5. The fourth-order valence-electron chi connectivity index (χ4n) is 6.31. The van der Waals surface area contributed by atoms with Crippen molar-refractivity contribution in [3.05, 3.63) is 0 Å². The minimum absolute atomic E-state index is 0.692. The van der Waals surface area contributed by atoms with E-state index in [0.29, 0.717) is 6.42 Å². The number of nitriles is 1. The van der Waals surface area contributed by atoms with Crippen molar-refractivity contribution in [3.8, 4) is 6.07 Å². The van der Waals surface area contributed by atoms with E-state index in [0.717, 1.165) is 6.54 Å². The lowest BCUT2D eigenvalue weighted by molar-refractivity contribution is 0.265. The third-order valence-corrected chi connectivity index (χ3v) is 9.20. The van der Waals surface area contributed by atoms with Gasteiger partial charge in [0.15, 0.2) is 0 Å². The molecule has 0 saturated heterocycles. The summed E-state index contributed by atoms with van der Waals surface area (Å²) in [7, 11) is 0. The van der Waals surface area contributed by atoms with E-state index in [4.69, 9.17) is 5.26 Å². The van der Waals surface area contributed by atoms with Crippen LogP contribution in [0.25, 0.3) is 0 Å². The van der Waals surface area contributed by atoms with Gasteiger partial charge in [-0.15, -0.1) is 0 Å². The van der Waals surface area contributed by atoms with Crippen LogP contribution in [0.2, 0.25) is 0 Å². The Kier molecular flexibility index (Phi) is 37.0. The summed E-state index contributed by atoms with van der Waals surface area (Å²) in [6.07, 6.45) is 46.5. The van der Waals surface area contributed by atoms with Crippen LogP contribution in [0.1, 0.15) is 226 Å². The number of hydrogen-bond acceptors (Lipinski definition) is 2. The molecule has 0 aromatic carbocycles. The summed E-state index contributed by atoms with van der Waals surface area (Å²) < 4.78 is 0. The van der Waals surface area contributed by atoms with Crippen LogP contribution >= 0.6 is 0 Å². The van der Waals surface area contributed by atoms with Gasteiger partial charge in [0, 0.05) is 13.0 Å². The van der Waals surface area contributed by atoms with Crippen molar-refractivity contribution in [2.24, 2.45) is 0 Å². The Bertz CT molecular complexity index is 460. The highest BCUT2D eigenvalue weighted by Crippen LogP contribution is 2.16. The molecule has 0 heterocycles. The van der Waals surface area contributed by atoms with Crippen molar-refractivity contribution in [2.45, 2.75) is 226 Å². The summed E-state index contributed by atoms with van der Waals surface area (Å²) in [4.78, 5) is 2.58. The molecule has 0 N–H and O–H groups in total. The Morgan fingerprint density at radius 3 is 0.756 bits per heavy atom. The van der Waals surface area contributed by atoms with Crippen LogP contribution in [0, 0.1) is 11.3 Å². The number of rotatable bonds is 36. The molecule has 0 amide bonds. The average molecular weight is 575 g/mol. The van der Waals surface area contributed by atoms with Gasteiger partial charge in [-0.3, -0.25) is 0 Å². The van der Waals surface area contributed by atoms with Gasteiger partial charge in [0.2, 0.25) is 0 Å². The molecule has 0 radical (unpaired) electrons. The molecule has 0 aliphatic carbocycles. The molecule has 41 heavy (non-hydrogen) atoms. The van der Waals surface area contributed by atoms with E-state index in [-0.39, 0.29) is 0 Å². The molecule has 0 spiro atoms. The molecule has 0 aliphatic rings. The second-order valence-corrected chi connectivity index (χ2v) is 13.4. The molecule has 2 heteroatoms. The topological polar surface area (TPSA) is 27.0 Å². The lowest BCUT2D eigenvalue weighted by Crippen LogP contribution is -2.27. The summed E-state index contributed by atoms with van der Waals surface area (Å²) in [5.74, 6) is 0. The Morgan fingerprint density at radius 2 is 0.537 bits per heavy atom. The normalized spacial score (nSPS) is 11.5. The first-order valence-electron chi connectivity index (χ1n) is 19.4. The average Bonchev–Trinajstić information content (AvgIpc) is 2.98. The monoisotopic (exact) mass is 575 g/mol. The molecule has 244 valence electrons. The van der Waals surface area contributed by atoms with Crippen molar-refractivity contribution in [3.63, 3.8) is 0 Å². The summed E-state index contributed by atoms with van der Waals surface area (Å²) in [5, 5.41) is 9.06. The third-order valence-electron chi connectivity index (χ3n) is 9.20. The maximum atomic E-state index is 9.06. The molecule has 0 unspecified atom stereocenters. The third kappa shape index (κ3) is 35.6. The highest BCUT2D eigenvalue weighted by atomic mass is 15.1. The highest BCUT2D eigenvalue weighted by molar-refractivity contribution is 4.72. The van der Waals surface area contributed by atoms with Crippen molar-refractivity contribution in [1.29, 1.82) is 5.26 Å². The van der Waals surface area contributed by atoms with Crippen LogP contribution in [0.5, 0.6) is 0 Å². The first kappa shape index (κ1) is 40.5. The minimum Gasteiger partial charge on any atom is -0.302 e. The van der Waals surface area contributed by atoms with Gasteiger partial charge in [0.25, 0.3) is 0 Å². The highest BCUT2D eigenvalue weighted by Gasteiger charge is 2.05. The Hall–Kier alpha value is -0.550. The van der Waals surface area contributed by atoms with Crippen molar-refractivity contribution in [2.75, 3.05) is 19.6 Å². The molecular weight excluding hydrogens is 496 g/mol. The first-order chi connectivity index (χ1) is 20.3. The molecule has 0 aromatic rings. The SMILES string of the molecule is CCCCCCCCCCCCCCCCCCN(CCC#N)CCCCCCCCCCCCCCCCCC. The zero-order valence-corrected chi connectivity index (χ0v) is 28.9. The smallest absolute Gasteiger partial charge is 0.0635 e. The maximum Gasteiger partial charge on any atom is 0.0635 e. The maximum absolute atomic E-state index is 9.06. The lowest BCUT2D eigenvalue weighted by atomic mass is 10.0. The summed E-state index contributed by atoms with van der Waals surface area (Å²) in [6, 6.07) is 2.37. The molecule has 2 nitrogen and oxygen atoms in total. The van der Waals surface area contributed by atoms with Gasteiger partial charge in [-0.05, 0) is 25.9 Å². The molecule has 0 saturated carbocycles. The van der Waals surface area contributed by atoms with Gasteiger partial charge in [-0.1, -0.05) is 206 Å². The molecular formula is C39H78N2. The van der Waals surface area contributed by atoms with E-state index in [1.54, 1.807) is 0 Å². The largest absolute Gasteiger partial charge is 0.302 e. The Balaban J connectivity index is 3.45. The van der Waals surface area contributed by atoms with Gasteiger partial charge in [-0.2, -0.15) is 5.26 Å². The van der Waals surface area contributed by atoms with Gasteiger partial charge in [0.1, 0.15) is 0 Å². The quantitative estimate of drug-likeness (QED) is 0.0696. The number of nitrogens with zero attached hydrogens (tertiary/aromatic N) is 2. The zero-order chi connectivity index (χ0) is 29.7. The summed E-state index contributed by atoms with van der Waals surface area (Å²) in [5.41, 5.74) is 0. The molecule has 0 rings (SSSR count). The number of unbranched alkanes of at least 4 members (excludes halogenated alkanes) is 30. The minimum atomic E-state index is 0.692. The fourth-order valence-corrected chi connectivity index (χ4v) is 6.31. The van der Waals surface area contributed by atoms with E-state index in [1.807, 2.05) is 0 Å². The van der Waals surface area contributed by atoms with Crippen LogP contribution in [0.15, 0.2) is 0 Å². The van der Waals surface area contributed by atoms with Crippen molar-refractivity contribution < 1.29 is 0 Å². The lowest BCUT2D eigenvalue weighted by Gasteiger charge is -2.21. The van der Waals surface area contributed by atoms with E-state index in [9.17, 15) is 0 Å². The van der Waals surface area contributed by atoms with Crippen molar-refractivity contribution in [1.82, 2.24) is 4.90 Å². The Labute approximate surface area is 261 Å². The van der Waals surface area contributed by atoms with Gasteiger partial charge in [0.05, 0.1) is 6.07 Å². The van der Waals surface area contributed by atoms with Crippen LogP contribution in [0.3, 0.4) is 0 Å². The fraction of sp³-hybridized carbons (Fsp3) is 0.974. The molecule has 0 aliphatic heterocycles. The summed E-state index contributed by atoms with van der Waals surface area (Å²) >= 11 is 0. The van der Waals surface area contributed by atoms with E-state index >= 15 is 0 Å². The molecule has 0 bridgehead atoms. The molecule has 0 aromatic heterocycles. The molecule has 0 fully saturated rings. The van der Waals surface area contributed by atoms with Crippen molar-refractivity contribution >= 4 is 0 Å². The predicted molar refractivity (Wildman–Crippen MR) is 186 cm³/mol. The van der Waals surface area contributed by atoms with Gasteiger partial charge >= 0.3 is 0 Å². The summed E-state index contributed by atoms with van der Waals surface area (Å²) in [6.45, 7) is 8.00. The number of hydrogen-bond donors (Lipinski definition) is 0. The van der Waals surface area contributed by atoms with E-state index in [1.165, 1.54) is 219 Å². The predicted octanol–water partition coefficient (Wildman–Crippen LogP) is 13.7. The van der Waals surface area contributed by atoms with Crippen LogP contribution in [-0.2, 0) is 0 Å². The van der Waals surface area contributed by atoms with Crippen LogP contribution < -0.4 is 0 Å². The zero-order valence-electron chi connectivity index (χ0n) is 28.9.